The third-order valence-corrected chi connectivity index (χ3v) is 16.4. The van der Waals surface area contributed by atoms with Crippen molar-refractivity contribution in [1.82, 2.24) is 14.4 Å². The van der Waals surface area contributed by atoms with Crippen LogP contribution in [0.2, 0.25) is 0 Å². The van der Waals surface area contributed by atoms with Crippen LogP contribution in [0.1, 0.15) is 70.3 Å². The smallest absolute Gasteiger partial charge is 0.435 e. The van der Waals surface area contributed by atoms with Crippen molar-refractivity contribution in [2.24, 2.45) is 5.14 Å². The van der Waals surface area contributed by atoms with Crippen molar-refractivity contribution in [2.75, 3.05) is 31.1 Å². The third-order valence-electron chi connectivity index (χ3n) is 13.2. The fraction of sp³-hybridized carbons (Fsp3) is 0.292. The zero-order valence-corrected chi connectivity index (χ0v) is 39.6. The van der Waals surface area contributed by atoms with Gasteiger partial charge in [0.05, 0.1) is 31.6 Å². The Hall–Kier alpha value is -5.57. The van der Waals surface area contributed by atoms with E-state index >= 15 is 0 Å². The normalized spacial score (nSPS) is 16.4. The molecule has 0 unspecified atom stereocenters. The number of rotatable bonds is 6. The summed E-state index contributed by atoms with van der Waals surface area (Å²) in [4.78, 5) is 1.27. The summed E-state index contributed by atoms with van der Waals surface area (Å²) in [5.41, 5.74) is 8.38. The van der Waals surface area contributed by atoms with Gasteiger partial charge in [-0.25, -0.2) is 39.6 Å². The molecular weight excluding hydrogens is 963 g/mol. The number of nitrogens with two attached hydrogens (primary N) is 1. The Morgan fingerprint density at radius 2 is 1.40 bits per heavy atom. The maximum Gasteiger partial charge on any atom is 0.435 e. The Kier molecular flexibility index (Phi) is 11.4. The highest BCUT2D eigenvalue weighted by Crippen LogP contribution is 2.49. The Morgan fingerprint density at radius 3 is 2.06 bits per heavy atom. The molecule has 0 saturated heterocycles. The number of fused-ring (bicyclic) bond motifs is 4. The van der Waals surface area contributed by atoms with E-state index in [2.05, 4.69) is 26.7 Å². The first kappa shape index (κ1) is 46.2. The van der Waals surface area contributed by atoms with Crippen LogP contribution in [0.25, 0.3) is 22.5 Å². The summed E-state index contributed by atoms with van der Waals surface area (Å²) in [6.07, 6.45) is 2.89. The number of primary sulfonamides is 1. The van der Waals surface area contributed by atoms with E-state index in [1.165, 1.54) is 58.6 Å². The minimum Gasteiger partial charge on any atom is -0.744 e. The van der Waals surface area contributed by atoms with E-state index < -0.39 is 50.9 Å². The van der Waals surface area contributed by atoms with Gasteiger partial charge in [-0.2, -0.15) is 18.3 Å². The molecule has 6 aromatic rings. The number of aryl methyl sites for hydroxylation is 3. The molecule has 0 atom stereocenters. The highest BCUT2D eigenvalue weighted by Gasteiger charge is 2.38. The number of hydrogen-bond donors (Lipinski definition) is 1. The van der Waals surface area contributed by atoms with Gasteiger partial charge in [-0.15, -0.1) is 0 Å². The minimum absolute atomic E-state index is 0.138. The van der Waals surface area contributed by atoms with Gasteiger partial charge < -0.3 is 14.2 Å². The van der Waals surface area contributed by atoms with Crippen molar-refractivity contribution in [3.05, 3.63) is 140 Å². The fourth-order valence-corrected chi connectivity index (χ4v) is 12.4. The molecule has 0 radical (unpaired) electrons. The standard InChI is InChI=1S/C31H29ClN2O6S2.C17H14F3N3O2S/c32-41(35,36)20-9-10-21(26(17-20)42(37,38)39)27-24-15-18-5-1-11-33-13-3-7-22(28(18)33)30(24)40-31-23-8-4-14-34-12-2-6-19(29(23)34)16-25(27)31;1-11-2-4-12(5-3-11)15-10-16(17(18,19)20)22-23(15)13-6-8-14(9-7-13)26(21,24)25/h9-10,15-17H,1-8,11-14H2;2-10H,1H3,(H2,21,24,25). The molecule has 0 bridgehead atoms. The predicted molar refractivity (Wildman–Crippen MR) is 248 cm³/mol. The molecule has 6 heterocycles. The first-order valence-electron chi connectivity index (χ1n) is 22.0. The van der Waals surface area contributed by atoms with Gasteiger partial charge in [-0.1, -0.05) is 35.9 Å². The summed E-state index contributed by atoms with van der Waals surface area (Å²) < 4.78 is 135. The van der Waals surface area contributed by atoms with E-state index in [0.717, 1.165) is 133 Å². The number of aromatic nitrogens is 2. The lowest BCUT2D eigenvalue weighted by molar-refractivity contribution is -0.141. The van der Waals surface area contributed by atoms with Crippen molar-refractivity contribution in [3.63, 3.8) is 0 Å². The van der Waals surface area contributed by atoms with E-state index in [1.807, 2.05) is 6.92 Å². The molecule has 1 aromatic heterocycles. The first-order valence-corrected chi connectivity index (χ1v) is 27.3. The zero-order chi connectivity index (χ0) is 48.1. The zero-order valence-electron chi connectivity index (χ0n) is 36.4. The van der Waals surface area contributed by atoms with E-state index in [4.69, 9.17) is 20.6 Å². The van der Waals surface area contributed by atoms with Gasteiger partial charge in [0.25, 0.3) is 9.05 Å². The Morgan fingerprint density at radius 1 is 0.750 bits per heavy atom. The quantitative estimate of drug-likeness (QED) is 0.110. The lowest BCUT2D eigenvalue weighted by atomic mass is 9.82. The van der Waals surface area contributed by atoms with E-state index in [-0.39, 0.29) is 21.8 Å². The number of nitrogens with zero attached hydrogens (tertiary/aromatic N) is 4. The van der Waals surface area contributed by atoms with E-state index in [9.17, 15) is 43.0 Å². The van der Waals surface area contributed by atoms with Crippen molar-refractivity contribution in [2.45, 2.75) is 79.2 Å². The number of ether oxygens (including phenoxy) is 1. The number of benzene rings is 5. The van der Waals surface area contributed by atoms with Crippen LogP contribution in [-0.2, 0) is 61.1 Å². The van der Waals surface area contributed by atoms with Crippen LogP contribution in [0.4, 0.5) is 18.9 Å². The van der Waals surface area contributed by atoms with Crippen molar-refractivity contribution in [3.8, 4) is 28.4 Å². The van der Waals surface area contributed by atoms with Gasteiger partial charge in [0, 0.05) is 80.9 Å². The second-order valence-corrected chi connectivity index (χ2v) is 23.1. The molecule has 0 amide bonds. The molecule has 68 heavy (non-hydrogen) atoms. The highest BCUT2D eigenvalue weighted by atomic mass is 35.7. The maximum atomic E-state index is 13.1. The Bertz CT molecular complexity index is 3580. The van der Waals surface area contributed by atoms with Gasteiger partial charge >= 0.3 is 6.18 Å². The molecule has 354 valence electrons. The SMILES string of the molecule is Cc1ccc(-c2cc(C(F)(F)F)nn2-c2ccc(S(N)(=O)=O)cc2)cc1.O=S(=O)([O-])c1cc(S(=O)(=O)Cl)ccc1C1=c2cc3c4c(c2Oc2c1cc1c5c2CCCN5CCC1)CCC[N+]=4CCC3. The minimum atomic E-state index is -5.08. The fourth-order valence-electron chi connectivity index (χ4n) is 10.3. The summed E-state index contributed by atoms with van der Waals surface area (Å²) in [5, 5.41) is 10.7. The Labute approximate surface area is 395 Å². The number of halogens is 4. The summed E-state index contributed by atoms with van der Waals surface area (Å²) in [7, 11) is -7.65. The van der Waals surface area contributed by atoms with Gasteiger partial charge in [0.2, 0.25) is 15.4 Å². The van der Waals surface area contributed by atoms with Gasteiger partial charge in [-0.05, 0) is 106 Å². The summed E-state index contributed by atoms with van der Waals surface area (Å²) in [5.74, 6) is 1.44. The van der Waals surface area contributed by atoms with Crippen LogP contribution >= 0.6 is 10.7 Å². The molecule has 0 spiro atoms. The molecular formula is C48H43ClF3N5O8S3. The monoisotopic (exact) mass is 1010 g/mol. The Balaban J connectivity index is 0.000000179. The van der Waals surface area contributed by atoms with Gasteiger partial charge in [-0.3, -0.25) is 0 Å². The first-order chi connectivity index (χ1) is 32.1. The van der Waals surface area contributed by atoms with Crippen LogP contribution in [0.15, 0.2) is 99.6 Å². The van der Waals surface area contributed by atoms with E-state index in [1.54, 1.807) is 24.3 Å². The van der Waals surface area contributed by atoms with Crippen molar-refractivity contribution >= 4 is 51.1 Å². The molecule has 5 aliphatic heterocycles. The number of hydrogen-bond acceptors (Lipinski definition) is 10. The van der Waals surface area contributed by atoms with Crippen molar-refractivity contribution < 1.29 is 47.7 Å². The molecule has 20 heteroatoms. The summed E-state index contributed by atoms with van der Waals surface area (Å²) in [6, 6.07) is 20.9. The number of sulfonamides is 1. The topological polar surface area (TPSA) is 185 Å². The van der Waals surface area contributed by atoms with Gasteiger partial charge in [0.1, 0.15) is 34.7 Å². The van der Waals surface area contributed by atoms with Crippen LogP contribution in [0.3, 0.4) is 0 Å². The summed E-state index contributed by atoms with van der Waals surface area (Å²) in [6.45, 7) is 5.84. The predicted octanol–water partition coefficient (Wildman–Crippen LogP) is 6.47. The molecule has 0 fully saturated rings. The molecule has 2 N–H and O–H groups in total. The average Bonchev–Trinajstić information content (AvgIpc) is 3.75. The van der Waals surface area contributed by atoms with Gasteiger partial charge in [0.15, 0.2) is 5.69 Å². The molecule has 13 nitrogen and oxygen atoms in total. The third kappa shape index (κ3) is 8.40. The second kappa shape index (κ2) is 16.8. The lowest BCUT2D eigenvalue weighted by Gasteiger charge is -2.39. The second-order valence-electron chi connectivity index (χ2n) is 17.6. The molecule has 0 saturated carbocycles. The van der Waals surface area contributed by atoms with Crippen LogP contribution < -0.4 is 29.9 Å². The summed E-state index contributed by atoms with van der Waals surface area (Å²) >= 11 is 0. The van der Waals surface area contributed by atoms with Crippen LogP contribution in [0, 0.1) is 6.92 Å². The lowest BCUT2D eigenvalue weighted by Crippen LogP contribution is -2.45. The van der Waals surface area contributed by atoms with Crippen LogP contribution in [-0.4, -0.2) is 65.8 Å². The average molecular weight is 1010 g/mol. The largest absolute Gasteiger partial charge is 0.744 e. The molecule has 0 aliphatic carbocycles. The number of alkyl halides is 3. The molecule has 5 aliphatic rings. The maximum absolute atomic E-state index is 13.1. The van der Waals surface area contributed by atoms with Crippen molar-refractivity contribution in [1.29, 1.82) is 0 Å². The number of anilines is 1. The molecule has 11 rings (SSSR count). The molecule has 5 aromatic carbocycles. The highest BCUT2D eigenvalue weighted by molar-refractivity contribution is 8.13. The van der Waals surface area contributed by atoms with E-state index in [0.29, 0.717) is 11.1 Å². The van der Waals surface area contributed by atoms with Crippen LogP contribution in [0.5, 0.6) is 11.5 Å².